The first kappa shape index (κ1) is 17.0. The molecular formula is C19H20N2O4. The molecule has 0 aliphatic carbocycles. The highest BCUT2D eigenvalue weighted by Crippen LogP contribution is 2.19. The summed E-state index contributed by atoms with van der Waals surface area (Å²) in [6.45, 7) is 3.10. The van der Waals surface area contributed by atoms with Crippen molar-refractivity contribution in [2.24, 2.45) is 0 Å². The lowest BCUT2D eigenvalue weighted by molar-refractivity contribution is -0.125. The third-order valence-corrected chi connectivity index (χ3v) is 3.84. The minimum Gasteiger partial charge on any atom is -0.484 e. The third-order valence-electron chi connectivity index (χ3n) is 3.84. The van der Waals surface area contributed by atoms with E-state index in [0.717, 1.165) is 11.3 Å². The second-order valence-electron chi connectivity index (χ2n) is 5.79. The van der Waals surface area contributed by atoms with Crippen LogP contribution in [0.1, 0.15) is 5.56 Å². The molecule has 2 amide bonds. The van der Waals surface area contributed by atoms with Gasteiger partial charge in [-0.1, -0.05) is 17.7 Å². The van der Waals surface area contributed by atoms with Crippen molar-refractivity contribution < 1.29 is 19.1 Å². The standard InChI is InChI=1S/C19H20N2O4/c1-14-2-8-17(9-3-14)25-12-18(22)20-15-4-6-16(7-5-15)21-10-11-24-13-19(21)23/h2-9H,10-13H2,1H3,(H,20,22). The molecule has 0 saturated carbocycles. The molecule has 6 heteroatoms. The maximum Gasteiger partial charge on any atom is 0.262 e. The molecule has 1 aliphatic heterocycles. The number of anilines is 2. The molecule has 2 aromatic carbocycles. The molecule has 0 bridgehead atoms. The number of carbonyl (C=O) groups is 2. The summed E-state index contributed by atoms with van der Waals surface area (Å²) in [5.41, 5.74) is 2.58. The van der Waals surface area contributed by atoms with Crippen LogP contribution < -0.4 is 15.0 Å². The van der Waals surface area contributed by atoms with E-state index in [4.69, 9.17) is 9.47 Å². The lowest BCUT2D eigenvalue weighted by atomic mass is 10.2. The number of hydrogen-bond acceptors (Lipinski definition) is 4. The molecule has 1 saturated heterocycles. The van der Waals surface area contributed by atoms with E-state index in [1.807, 2.05) is 31.2 Å². The minimum absolute atomic E-state index is 0.0606. The van der Waals surface area contributed by atoms with Gasteiger partial charge in [0, 0.05) is 17.9 Å². The van der Waals surface area contributed by atoms with Crippen LogP contribution in [-0.2, 0) is 14.3 Å². The largest absolute Gasteiger partial charge is 0.484 e. The number of amides is 2. The Labute approximate surface area is 146 Å². The molecule has 130 valence electrons. The number of morpholine rings is 1. The summed E-state index contributed by atoms with van der Waals surface area (Å²) < 4.78 is 10.6. The molecule has 0 radical (unpaired) electrons. The Morgan fingerprint density at radius 2 is 1.88 bits per heavy atom. The third kappa shape index (κ3) is 4.58. The molecule has 1 aliphatic rings. The minimum atomic E-state index is -0.240. The smallest absolute Gasteiger partial charge is 0.262 e. The summed E-state index contributed by atoms with van der Waals surface area (Å²) in [4.78, 5) is 25.5. The quantitative estimate of drug-likeness (QED) is 0.907. The number of ether oxygens (including phenoxy) is 2. The molecule has 3 rings (SSSR count). The number of hydrogen-bond donors (Lipinski definition) is 1. The molecule has 6 nitrogen and oxygen atoms in total. The Balaban J connectivity index is 1.53. The fraction of sp³-hybridized carbons (Fsp3) is 0.263. The zero-order valence-corrected chi connectivity index (χ0v) is 14.0. The Bertz CT molecular complexity index is 741. The normalized spacial score (nSPS) is 14.3. The van der Waals surface area contributed by atoms with Gasteiger partial charge < -0.3 is 19.7 Å². The van der Waals surface area contributed by atoms with E-state index in [0.29, 0.717) is 24.6 Å². The van der Waals surface area contributed by atoms with Crippen molar-refractivity contribution in [3.8, 4) is 5.75 Å². The first-order chi connectivity index (χ1) is 12.1. The van der Waals surface area contributed by atoms with E-state index < -0.39 is 0 Å². The van der Waals surface area contributed by atoms with E-state index >= 15 is 0 Å². The highest BCUT2D eigenvalue weighted by molar-refractivity contribution is 5.96. The predicted octanol–water partition coefficient (Wildman–Crippen LogP) is 2.38. The highest BCUT2D eigenvalue weighted by atomic mass is 16.5. The Morgan fingerprint density at radius 1 is 1.16 bits per heavy atom. The van der Waals surface area contributed by atoms with E-state index in [1.165, 1.54) is 0 Å². The molecule has 2 aromatic rings. The molecule has 1 heterocycles. The van der Waals surface area contributed by atoms with Gasteiger partial charge >= 0.3 is 0 Å². The lowest BCUT2D eigenvalue weighted by Gasteiger charge is -2.26. The number of carbonyl (C=O) groups excluding carboxylic acids is 2. The number of nitrogens with zero attached hydrogens (tertiary/aromatic N) is 1. The Morgan fingerprint density at radius 3 is 2.56 bits per heavy atom. The van der Waals surface area contributed by atoms with Crippen molar-refractivity contribution in [2.45, 2.75) is 6.92 Å². The summed E-state index contributed by atoms with van der Waals surface area (Å²) in [5, 5.41) is 2.77. The van der Waals surface area contributed by atoms with E-state index in [9.17, 15) is 9.59 Å². The summed E-state index contributed by atoms with van der Waals surface area (Å²) >= 11 is 0. The summed E-state index contributed by atoms with van der Waals surface area (Å²) in [6, 6.07) is 14.7. The zero-order chi connectivity index (χ0) is 17.6. The first-order valence-corrected chi connectivity index (χ1v) is 8.09. The van der Waals surface area contributed by atoms with Crippen LogP contribution in [-0.4, -0.2) is 38.2 Å². The maximum atomic E-state index is 12.0. The van der Waals surface area contributed by atoms with Crippen LogP contribution in [0.4, 0.5) is 11.4 Å². The molecule has 0 unspecified atom stereocenters. The van der Waals surface area contributed by atoms with Crippen molar-refractivity contribution in [3.63, 3.8) is 0 Å². The number of benzene rings is 2. The Kier molecular flexibility index (Phi) is 5.30. The summed E-state index contributed by atoms with van der Waals surface area (Å²) in [5.74, 6) is 0.354. The van der Waals surface area contributed by atoms with Crippen molar-refractivity contribution in [1.29, 1.82) is 0 Å². The van der Waals surface area contributed by atoms with Gasteiger partial charge in [-0.25, -0.2) is 0 Å². The SMILES string of the molecule is Cc1ccc(OCC(=O)Nc2ccc(N3CCOCC3=O)cc2)cc1. The van der Waals surface area contributed by atoms with E-state index in [-0.39, 0.29) is 25.0 Å². The van der Waals surface area contributed by atoms with Gasteiger partial charge in [0.1, 0.15) is 12.4 Å². The van der Waals surface area contributed by atoms with Gasteiger partial charge in [-0.05, 0) is 43.3 Å². The number of nitrogens with one attached hydrogen (secondary N) is 1. The average molecular weight is 340 g/mol. The lowest BCUT2D eigenvalue weighted by Crippen LogP contribution is -2.41. The maximum absolute atomic E-state index is 12.0. The van der Waals surface area contributed by atoms with Crippen LogP contribution in [0.2, 0.25) is 0 Å². The highest BCUT2D eigenvalue weighted by Gasteiger charge is 2.19. The summed E-state index contributed by atoms with van der Waals surface area (Å²) in [6.07, 6.45) is 0. The van der Waals surface area contributed by atoms with Gasteiger partial charge in [-0.3, -0.25) is 9.59 Å². The molecule has 0 spiro atoms. The van der Waals surface area contributed by atoms with Gasteiger partial charge in [0.15, 0.2) is 6.61 Å². The second-order valence-corrected chi connectivity index (χ2v) is 5.79. The molecule has 1 N–H and O–H groups in total. The van der Waals surface area contributed by atoms with Crippen LogP contribution in [0.25, 0.3) is 0 Å². The van der Waals surface area contributed by atoms with Crippen LogP contribution in [0, 0.1) is 6.92 Å². The fourth-order valence-electron chi connectivity index (χ4n) is 2.50. The Hall–Kier alpha value is -2.86. The fourth-order valence-corrected chi connectivity index (χ4v) is 2.50. The summed E-state index contributed by atoms with van der Waals surface area (Å²) in [7, 11) is 0. The van der Waals surface area contributed by atoms with Crippen molar-refractivity contribution >= 4 is 23.2 Å². The van der Waals surface area contributed by atoms with Crippen LogP contribution >= 0.6 is 0 Å². The molecular weight excluding hydrogens is 320 g/mol. The first-order valence-electron chi connectivity index (χ1n) is 8.09. The van der Waals surface area contributed by atoms with Crippen molar-refractivity contribution in [3.05, 3.63) is 54.1 Å². The van der Waals surface area contributed by atoms with Gasteiger partial charge in [-0.2, -0.15) is 0 Å². The molecule has 0 atom stereocenters. The number of aryl methyl sites for hydroxylation is 1. The second kappa shape index (κ2) is 7.81. The van der Waals surface area contributed by atoms with Crippen molar-refractivity contribution in [1.82, 2.24) is 0 Å². The number of rotatable bonds is 5. The van der Waals surface area contributed by atoms with Gasteiger partial charge in [0.2, 0.25) is 0 Å². The molecule has 25 heavy (non-hydrogen) atoms. The molecule has 0 aromatic heterocycles. The van der Waals surface area contributed by atoms with Crippen LogP contribution in [0.15, 0.2) is 48.5 Å². The topological polar surface area (TPSA) is 67.9 Å². The average Bonchev–Trinajstić information content (AvgIpc) is 2.62. The zero-order valence-electron chi connectivity index (χ0n) is 14.0. The predicted molar refractivity (Wildman–Crippen MR) is 94.9 cm³/mol. The molecule has 1 fully saturated rings. The van der Waals surface area contributed by atoms with Gasteiger partial charge in [0.25, 0.3) is 11.8 Å². The van der Waals surface area contributed by atoms with Crippen LogP contribution in [0.3, 0.4) is 0 Å². The van der Waals surface area contributed by atoms with E-state index in [2.05, 4.69) is 5.32 Å². The van der Waals surface area contributed by atoms with Crippen molar-refractivity contribution in [2.75, 3.05) is 36.6 Å². The monoisotopic (exact) mass is 340 g/mol. The van der Waals surface area contributed by atoms with E-state index in [1.54, 1.807) is 29.2 Å². The van der Waals surface area contributed by atoms with Gasteiger partial charge in [0.05, 0.1) is 6.61 Å². The van der Waals surface area contributed by atoms with Gasteiger partial charge in [-0.15, -0.1) is 0 Å². The van der Waals surface area contributed by atoms with Crippen LogP contribution in [0.5, 0.6) is 5.75 Å².